The molecule has 0 aliphatic heterocycles. The maximum absolute atomic E-state index is 4.30. The van der Waals surface area contributed by atoms with E-state index < -0.39 is 0 Å². The van der Waals surface area contributed by atoms with Gasteiger partial charge in [-0.3, -0.25) is 5.10 Å². The largest absolute Gasteiger partial charge is 0.285 e. The second kappa shape index (κ2) is 3.68. The van der Waals surface area contributed by atoms with E-state index in [4.69, 9.17) is 0 Å². The molecule has 0 spiro atoms. The molecule has 0 unspecified atom stereocenters. The third-order valence-electron chi connectivity index (χ3n) is 2.37. The summed E-state index contributed by atoms with van der Waals surface area (Å²) in [5.74, 6) is 0. The highest BCUT2D eigenvalue weighted by Gasteiger charge is 2.07. The van der Waals surface area contributed by atoms with Crippen LogP contribution in [-0.2, 0) is 0 Å². The maximum atomic E-state index is 4.30. The van der Waals surface area contributed by atoms with Gasteiger partial charge in [0.05, 0.1) is 17.4 Å². The van der Waals surface area contributed by atoms with Crippen LogP contribution in [0.15, 0.2) is 41.4 Å². The Morgan fingerprint density at radius 1 is 1.19 bits per heavy atom. The van der Waals surface area contributed by atoms with Crippen LogP contribution >= 0.6 is 15.9 Å². The highest BCUT2D eigenvalue weighted by atomic mass is 79.9. The topological polar surface area (TPSA) is 54.5 Å². The summed E-state index contributed by atoms with van der Waals surface area (Å²) < 4.78 is 1.01. The number of H-pyrrole nitrogens is 1. The molecule has 0 saturated heterocycles. The predicted octanol–water partition coefficient (Wildman–Crippen LogP) is 2.78. The number of hydrogen-bond donors (Lipinski definition) is 1. The fraction of sp³-hybridized carbons (Fsp3) is 0. The number of aromatic amines is 1. The highest BCUT2D eigenvalue weighted by Crippen LogP contribution is 2.26. The number of halogens is 1. The second-order valence-electron chi connectivity index (χ2n) is 3.37. The number of aromatic nitrogens is 4. The normalized spacial score (nSPS) is 10.8. The molecule has 4 nitrogen and oxygen atoms in total. The Morgan fingerprint density at radius 3 is 2.94 bits per heavy atom. The number of benzene rings is 1. The molecule has 78 valence electrons. The Bertz CT molecular complexity index is 634. The van der Waals surface area contributed by atoms with Gasteiger partial charge in [0, 0.05) is 21.6 Å². The molecular formula is C11H7BrN4. The van der Waals surface area contributed by atoms with E-state index in [1.54, 1.807) is 12.5 Å². The van der Waals surface area contributed by atoms with E-state index in [1.165, 1.54) is 0 Å². The molecule has 3 rings (SSSR count). The molecule has 0 bridgehead atoms. The number of nitrogens with one attached hydrogen (secondary N) is 1. The first-order valence-electron chi connectivity index (χ1n) is 4.74. The van der Waals surface area contributed by atoms with Crippen molar-refractivity contribution in [1.82, 2.24) is 20.2 Å². The maximum Gasteiger partial charge on any atom is 0.116 e. The van der Waals surface area contributed by atoms with Gasteiger partial charge < -0.3 is 0 Å². The summed E-state index contributed by atoms with van der Waals surface area (Å²) in [5.41, 5.74) is 2.78. The van der Waals surface area contributed by atoms with Crippen LogP contribution in [-0.4, -0.2) is 20.2 Å². The van der Waals surface area contributed by atoms with E-state index in [0.29, 0.717) is 0 Å². The molecule has 0 amide bonds. The smallest absolute Gasteiger partial charge is 0.116 e. The summed E-state index contributed by atoms with van der Waals surface area (Å²) in [6, 6.07) is 5.94. The third kappa shape index (κ3) is 1.49. The summed E-state index contributed by atoms with van der Waals surface area (Å²) in [6.07, 6.45) is 5.14. The van der Waals surface area contributed by atoms with Crippen molar-refractivity contribution in [1.29, 1.82) is 0 Å². The van der Waals surface area contributed by atoms with Gasteiger partial charge in [-0.2, -0.15) is 5.10 Å². The second-order valence-corrected chi connectivity index (χ2v) is 4.29. The standard InChI is InChI=1S/C11H7BrN4/c12-8-1-2-10-9(3-8)11(14-6-13-10)7-4-15-16-5-7/h1-6H,(H,15,16). The summed E-state index contributed by atoms with van der Waals surface area (Å²) in [5, 5.41) is 7.73. The summed E-state index contributed by atoms with van der Waals surface area (Å²) >= 11 is 3.45. The van der Waals surface area contributed by atoms with E-state index in [9.17, 15) is 0 Å². The van der Waals surface area contributed by atoms with Crippen LogP contribution in [0.4, 0.5) is 0 Å². The van der Waals surface area contributed by atoms with Crippen LogP contribution in [0.3, 0.4) is 0 Å². The lowest BCUT2D eigenvalue weighted by atomic mass is 10.1. The van der Waals surface area contributed by atoms with Crippen molar-refractivity contribution in [2.45, 2.75) is 0 Å². The number of hydrogen-bond acceptors (Lipinski definition) is 3. The molecule has 0 radical (unpaired) electrons. The van der Waals surface area contributed by atoms with E-state index >= 15 is 0 Å². The van der Waals surface area contributed by atoms with E-state index in [1.807, 2.05) is 24.4 Å². The molecule has 0 saturated carbocycles. The van der Waals surface area contributed by atoms with Gasteiger partial charge in [0.25, 0.3) is 0 Å². The quantitative estimate of drug-likeness (QED) is 0.743. The lowest BCUT2D eigenvalue weighted by Gasteiger charge is -2.02. The lowest BCUT2D eigenvalue weighted by molar-refractivity contribution is 1.09. The third-order valence-corrected chi connectivity index (χ3v) is 2.86. The van der Waals surface area contributed by atoms with Gasteiger partial charge in [0.2, 0.25) is 0 Å². The zero-order valence-electron chi connectivity index (χ0n) is 8.18. The van der Waals surface area contributed by atoms with Crippen molar-refractivity contribution in [2.75, 3.05) is 0 Å². The number of fused-ring (bicyclic) bond motifs is 1. The molecule has 2 aromatic heterocycles. The molecule has 16 heavy (non-hydrogen) atoms. The molecule has 1 aromatic carbocycles. The van der Waals surface area contributed by atoms with Gasteiger partial charge in [-0.1, -0.05) is 15.9 Å². The lowest BCUT2D eigenvalue weighted by Crippen LogP contribution is -1.87. The minimum Gasteiger partial charge on any atom is -0.285 e. The van der Waals surface area contributed by atoms with Crippen molar-refractivity contribution in [2.24, 2.45) is 0 Å². The molecule has 0 aliphatic rings. The van der Waals surface area contributed by atoms with E-state index in [2.05, 4.69) is 36.1 Å². The molecule has 1 N–H and O–H groups in total. The molecule has 3 aromatic rings. The van der Waals surface area contributed by atoms with Crippen molar-refractivity contribution in [3.63, 3.8) is 0 Å². The van der Waals surface area contributed by atoms with Gasteiger partial charge >= 0.3 is 0 Å². The number of rotatable bonds is 1. The fourth-order valence-corrected chi connectivity index (χ4v) is 2.00. The molecule has 0 atom stereocenters. The minimum atomic E-state index is 0.889. The Balaban J connectivity index is 2.36. The molecular weight excluding hydrogens is 268 g/mol. The van der Waals surface area contributed by atoms with Gasteiger partial charge in [-0.25, -0.2) is 9.97 Å². The van der Waals surface area contributed by atoms with E-state index in [0.717, 1.165) is 26.6 Å². The Labute approximate surface area is 99.9 Å². The van der Waals surface area contributed by atoms with Crippen molar-refractivity contribution >= 4 is 26.8 Å². The zero-order chi connectivity index (χ0) is 11.0. The first-order chi connectivity index (χ1) is 7.84. The van der Waals surface area contributed by atoms with Crippen LogP contribution in [0.5, 0.6) is 0 Å². The predicted molar refractivity (Wildman–Crippen MR) is 64.8 cm³/mol. The van der Waals surface area contributed by atoms with Gasteiger partial charge in [-0.05, 0) is 18.2 Å². The van der Waals surface area contributed by atoms with Crippen molar-refractivity contribution in [3.05, 3.63) is 41.4 Å². The van der Waals surface area contributed by atoms with Gasteiger partial charge in [0.1, 0.15) is 6.33 Å². The fourth-order valence-electron chi connectivity index (χ4n) is 1.64. The Kier molecular flexibility index (Phi) is 2.18. The van der Waals surface area contributed by atoms with Crippen LogP contribution < -0.4 is 0 Å². The average Bonchev–Trinajstić information content (AvgIpc) is 2.81. The Hall–Kier alpha value is -1.75. The number of nitrogens with zero attached hydrogens (tertiary/aromatic N) is 3. The van der Waals surface area contributed by atoms with Crippen LogP contribution in [0.2, 0.25) is 0 Å². The zero-order valence-corrected chi connectivity index (χ0v) is 9.77. The molecule has 0 aliphatic carbocycles. The van der Waals surface area contributed by atoms with Crippen LogP contribution in [0, 0.1) is 0 Å². The highest BCUT2D eigenvalue weighted by molar-refractivity contribution is 9.10. The Morgan fingerprint density at radius 2 is 2.12 bits per heavy atom. The van der Waals surface area contributed by atoms with Crippen molar-refractivity contribution in [3.8, 4) is 11.3 Å². The first-order valence-corrected chi connectivity index (χ1v) is 5.53. The molecule has 2 heterocycles. The van der Waals surface area contributed by atoms with Gasteiger partial charge in [-0.15, -0.1) is 0 Å². The SMILES string of the molecule is Brc1ccc2ncnc(-c3cn[nH]c3)c2c1. The molecule has 5 heteroatoms. The van der Waals surface area contributed by atoms with Crippen LogP contribution in [0.25, 0.3) is 22.2 Å². The molecule has 0 fully saturated rings. The summed E-state index contributed by atoms with van der Waals surface area (Å²) in [4.78, 5) is 8.53. The summed E-state index contributed by atoms with van der Waals surface area (Å²) in [6.45, 7) is 0. The minimum absolute atomic E-state index is 0.889. The van der Waals surface area contributed by atoms with Gasteiger partial charge in [0.15, 0.2) is 0 Å². The van der Waals surface area contributed by atoms with Crippen molar-refractivity contribution < 1.29 is 0 Å². The average molecular weight is 275 g/mol. The first kappa shape index (κ1) is 9.47. The monoisotopic (exact) mass is 274 g/mol. The summed E-state index contributed by atoms with van der Waals surface area (Å²) in [7, 11) is 0. The van der Waals surface area contributed by atoms with E-state index in [-0.39, 0.29) is 0 Å². The van der Waals surface area contributed by atoms with Crippen LogP contribution in [0.1, 0.15) is 0 Å².